The van der Waals surface area contributed by atoms with Gasteiger partial charge in [0.2, 0.25) is 0 Å². The lowest BCUT2D eigenvalue weighted by molar-refractivity contribution is -0.143. The van der Waals surface area contributed by atoms with Crippen molar-refractivity contribution >= 4 is 34.8 Å². The Morgan fingerprint density at radius 1 is 1.24 bits per heavy atom. The Kier molecular flexibility index (Phi) is 5.80. The summed E-state index contributed by atoms with van der Waals surface area (Å²) in [5, 5.41) is 6.30. The Balaban J connectivity index is 2.31. The van der Waals surface area contributed by atoms with E-state index in [2.05, 4.69) is 10.4 Å². The Hall–Kier alpha value is -1.99. The molecule has 0 radical (unpaired) electrons. The van der Waals surface area contributed by atoms with Crippen LogP contribution in [0.15, 0.2) is 40.5 Å². The first-order valence-electron chi connectivity index (χ1n) is 7.23. The van der Waals surface area contributed by atoms with E-state index in [1.54, 1.807) is 6.92 Å². The average molecular weight is 392 g/mol. The normalized spacial score (nSPS) is 12.8. The summed E-state index contributed by atoms with van der Waals surface area (Å²) in [5.41, 5.74) is -0.114. The van der Waals surface area contributed by atoms with Gasteiger partial charge in [-0.15, -0.1) is 0 Å². The van der Waals surface area contributed by atoms with Crippen LogP contribution in [0.1, 0.15) is 25.1 Å². The monoisotopic (exact) mass is 391 g/mol. The van der Waals surface area contributed by atoms with Crippen molar-refractivity contribution < 1.29 is 18.0 Å². The minimum Gasteiger partial charge on any atom is -0.321 e. The van der Waals surface area contributed by atoms with Crippen molar-refractivity contribution in [3.05, 3.63) is 51.8 Å². The molecule has 134 valence electrons. The zero-order chi connectivity index (χ0) is 18.8. The number of hydrogen-bond acceptors (Lipinski definition) is 2. The molecule has 0 aliphatic rings. The quantitative estimate of drug-likeness (QED) is 0.736. The van der Waals surface area contributed by atoms with Crippen LogP contribution in [0, 0.1) is 0 Å². The van der Waals surface area contributed by atoms with Crippen molar-refractivity contribution in [1.29, 1.82) is 0 Å². The van der Waals surface area contributed by atoms with Gasteiger partial charge in [-0.25, -0.2) is 4.68 Å². The standard InChI is InChI=1S/C16H14Cl2F3N3O/c1-3-10-8-22-24(14(10)16(19,20)21)12-6-4-11(5-7-12)23-15(25)13(18)9(2)17/h4-8H,3H2,1-2H3,(H,23,25)/b13-9+. The van der Waals surface area contributed by atoms with Crippen molar-refractivity contribution in [3.8, 4) is 5.69 Å². The summed E-state index contributed by atoms with van der Waals surface area (Å²) in [6.45, 7) is 3.10. The highest BCUT2D eigenvalue weighted by Crippen LogP contribution is 2.34. The highest BCUT2D eigenvalue weighted by molar-refractivity contribution is 6.49. The smallest absolute Gasteiger partial charge is 0.321 e. The van der Waals surface area contributed by atoms with Crippen molar-refractivity contribution in [2.75, 3.05) is 5.32 Å². The van der Waals surface area contributed by atoms with Crippen LogP contribution in [-0.2, 0) is 17.4 Å². The number of hydrogen-bond donors (Lipinski definition) is 1. The molecular weight excluding hydrogens is 378 g/mol. The van der Waals surface area contributed by atoms with Crippen LogP contribution in [0.3, 0.4) is 0 Å². The molecule has 0 fully saturated rings. The summed E-state index contributed by atoms with van der Waals surface area (Å²) in [5.74, 6) is -0.606. The second-order valence-corrected chi connectivity index (χ2v) is 6.07. The summed E-state index contributed by atoms with van der Waals surface area (Å²) >= 11 is 11.4. The molecule has 0 aliphatic heterocycles. The van der Waals surface area contributed by atoms with Crippen molar-refractivity contribution in [3.63, 3.8) is 0 Å². The minimum absolute atomic E-state index is 0.111. The molecule has 0 spiro atoms. The van der Waals surface area contributed by atoms with Gasteiger partial charge in [0.1, 0.15) is 5.03 Å². The van der Waals surface area contributed by atoms with E-state index < -0.39 is 17.8 Å². The van der Waals surface area contributed by atoms with Crippen molar-refractivity contribution in [2.24, 2.45) is 0 Å². The molecule has 2 aromatic rings. The van der Waals surface area contributed by atoms with Crippen LogP contribution in [-0.4, -0.2) is 15.7 Å². The van der Waals surface area contributed by atoms with E-state index >= 15 is 0 Å². The third-order valence-electron chi connectivity index (χ3n) is 3.37. The van der Waals surface area contributed by atoms with Gasteiger partial charge in [0.25, 0.3) is 5.91 Å². The van der Waals surface area contributed by atoms with Gasteiger partial charge < -0.3 is 5.32 Å². The molecule has 0 aliphatic carbocycles. The third-order valence-corrected chi connectivity index (χ3v) is 4.11. The number of carbonyl (C=O) groups is 1. The van der Waals surface area contributed by atoms with E-state index in [-0.39, 0.29) is 27.7 Å². The lowest BCUT2D eigenvalue weighted by Gasteiger charge is -2.13. The maximum Gasteiger partial charge on any atom is 0.433 e. The molecule has 0 atom stereocenters. The Labute approximate surface area is 152 Å². The highest BCUT2D eigenvalue weighted by atomic mass is 35.5. The fourth-order valence-electron chi connectivity index (χ4n) is 2.17. The first kappa shape index (κ1) is 19.3. The van der Waals surface area contributed by atoms with Crippen molar-refractivity contribution in [1.82, 2.24) is 9.78 Å². The van der Waals surface area contributed by atoms with Crippen molar-refractivity contribution in [2.45, 2.75) is 26.4 Å². The highest BCUT2D eigenvalue weighted by Gasteiger charge is 2.38. The molecule has 4 nitrogen and oxygen atoms in total. The van der Waals surface area contributed by atoms with Crippen LogP contribution >= 0.6 is 23.2 Å². The molecule has 9 heteroatoms. The van der Waals surface area contributed by atoms with Gasteiger partial charge >= 0.3 is 6.18 Å². The van der Waals surface area contributed by atoms with Gasteiger partial charge in [-0.1, -0.05) is 30.1 Å². The lowest BCUT2D eigenvalue weighted by atomic mass is 10.2. The SMILES string of the molecule is CCc1cnn(-c2ccc(NC(=O)/C(Cl)=C(/C)Cl)cc2)c1C(F)(F)F. The zero-order valence-electron chi connectivity index (χ0n) is 13.3. The minimum atomic E-state index is -4.52. The molecule has 1 N–H and O–H groups in total. The molecule has 25 heavy (non-hydrogen) atoms. The number of benzene rings is 1. The number of anilines is 1. The van der Waals surface area contributed by atoms with E-state index in [1.807, 2.05) is 0 Å². The molecule has 1 aromatic heterocycles. The van der Waals surface area contributed by atoms with Crippen LogP contribution < -0.4 is 5.32 Å². The molecular formula is C16H14Cl2F3N3O. The molecule has 0 saturated carbocycles. The van der Waals surface area contributed by atoms with E-state index in [0.717, 1.165) is 4.68 Å². The largest absolute Gasteiger partial charge is 0.433 e. The third kappa shape index (κ3) is 4.35. The molecule has 1 heterocycles. The number of carbonyl (C=O) groups excluding carboxylic acids is 1. The molecule has 0 bridgehead atoms. The first-order valence-corrected chi connectivity index (χ1v) is 7.98. The predicted molar refractivity (Wildman–Crippen MR) is 91.0 cm³/mol. The summed E-state index contributed by atoms with van der Waals surface area (Å²) in [7, 11) is 0. The Morgan fingerprint density at radius 2 is 1.84 bits per heavy atom. The maximum atomic E-state index is 13.3. The molecule has 0 saturated heterocycles. The molecule has 0 unspecified atom stereocenters. The van der Waals surface area contributed by atoms with Gasteiger partial charge in [-0.3, -0.25) is 4.79 Å². The summed E-state index contributed by atoms with van der Waals surface area (Å²) in [6.07, 6.45) is -3.11. The topological polar surface area (TPSA) is 46.9 Å². The summed E-state index contributed by atoms with van der Waals surface area (Å²) in [6, 6.07) is 5.74. The maximum absolute atomic E-state index is 13.3. The number of rotatable bonds is 4. The second-order valence-electron chi connectivity index (χ2n) is 5.13. The number of nitrogens with zero attached hydrogens (tertiary/aromatic N) is 2. The number of amides is 1. The Morgan fingerprint density at radius 3 is 2.32 bits per heavy atom. The van der Waals surface area contributed by atoms with Gasteiger partial charge in [0.15, 0.2) is 5.69 Å². The first-order chi connectivity index (χ1) is 11.6. The number of allylic oxidation sites excluding steroid dienone is 1. The zero-order valence-corrected chi connectivity index (χ0v) is 14.8. The predicted octanol–water partition coefficient (Wildman–Crippen LogP) is 5.10. The molecule has 1 amide bonds. The summed E-state index contributed by atoms with van der Waals surface area (Å²) in [4.78, 5) is 11.8. The van der Waals surface area contributed by atoms with Gasteiger partial charge in [0, 0.05) is 16.3 Å². The fourth-order valence-corrected chi connectivity index (χ4v) is 2.30. The average Bonchev–Trinajstić information content (AvgIpc) is 2.99. The van der Waals surface area contributed by atoms with Gasteiger partial charge in [-0.2, -0.15) is 18.3 Å². The van der Waals surface area contributed by atoms with Crippen LogP contribution in [0.25, 0.3) is 5.69 Å². The van der Waals surface area contributed by atoms with Gasteiger partial charge in [0.05, 0.1) is 11.9 Å². The lowest BCUT2D eigenvalue weighted by Crippen LogP contribution is -2.15. The number of nitrogens with one attached hydrogen (secondary N) is 1. The fraction of sp³-hybridized carbons (Fsp3) is 0.250. The number of alkyl halides is 3. The second kappa shape index (κ2) is 7.49. The molecule has 1 aromatic carbocycles. The number of halogens is 5. The van der Waals surface area contributed by atoms with E-state index in [4.69, 9.17) is 23.2 Å². The molecule has 2 rings (SSSR count). The number of aromatic nitrogens is 2. The van der Waals surface area contributed by atoms with E-state index in [0.29, 0.717) is 5.69 Å². The van der Waals surface area contributed by atoms with E-state index in [1.165, 1.54) is 37.4 Å². The van der Waals surface area contributed by atoms with Gasteiger partial charge in [-0.05, 0) is 37.6 Å². The Bertz CT molecular complexity index is 807. The van der Waals surface area contributed by atoms with Crippen LogP contribution in [0.2, 0.25) is 0 Å². The summed E-state index contributed by atoms with van der Waals surface area (Å²) < 4.78 is 40.7. The van der Waals surface area contributed by atoms with Crippen LogP contribution in [0.4, 0.5) is 18.9 Å². The van der Waals surface area contributed by atoms with Crippen LogP contribution in [0.5, 0.6) is 0 Å². The van der Waals surface area contributed by atoms with E-state index in [9.17, 15) is 18.0 Å². The number of aryl methyl sites for hydroxylation is 1.